The van der Waals surface area contributed by atoms with Crippen LogP contribution in [-0.2, 0) is 0 Å². The summed E-state index contributed by atoms with van der Waals surface area (Å²) in [6.07, 6.45) is 1.89. The molecule has 0 aromatic carbocycles. The molecule has 0 rings (SSSR count). The summed E-state index contributed by atoms with van der Waals surface area (Å²) in [5, 5.41) is 0. The second kappa shape index (κ2) is 4.78. The fraction of sp³-hybridized carbons (Fsp3) is 1.00. The zero-order valence-corrected chi connectivity index (χ0v) is 8.53. The fourth-order valence-corrected chi connectivity index (χ4v) is 1.54. The second-order valence-electron chi connectivity index (χ2n) is 3.83. The molecular weight excluding hydrogens is 158 g/mol. The Morgan fingerprint density at radius 2 is 1.67 bits per heavy atom. The van der Waals surface area contributed by atoms with Crippen LogP contribution in [-0.4, -0.2) is 5.92 Å². The Morgan fingerprint density at radius 3 is 1.92 bits per heavy atom. The fourth-order valence-electron chi connectivity index (χ4n) is 1.54. The lowest BCUT2D eigenvalue weighted by molar-refractivity contribution is -0.0122. The topological polar surface area (TPSA) is 0 Å². The Hall–Kier alpha value is -0.140. The van der Waals surface area contributed by atoms with Crippen LogP contribution in [0.25, 0.3) is 0 Å². The first kappa shape index (κ1) is 11.9. The lowest BCUT2D eigenvalue weighted by atomic mass is 9.85. The van der Waals surface area contributed by atoms with Gasteiger partial charge in [-0.2, -0.15) is 0 Å². The molecule has 12 heavy (non-hydrogen) atoms. The van der Waals surface area contributed by atoms with Crippen LogP contribution in [0.15, 0.2) is 0 Å². The van der Waals surface area contributed by atoms with E-state index < -0.39 is 5.92 Å². The highest BCUT2D eigenvalue weighted by atomic mass is 19.3. The number of halogens is 2. The molecule has 0 aliphatic rings. The number of rotatable bonds is 5. The minimum Gasteiger partial charge on any atom is -0.207 e. The monoisotopic (exact) mass is 178 g/mol. The van der Waals surface area contributed by atoms with Gasteiger partial charge in [-0.3, -0.25) is 0 Å². The van der Waals surface area contributed by atoms with Crippen LogP contribution >= 0.6 is 0 Å². The van der Waals surface area contributed by atoms with E-state index in [1.54, 1.807) is 0 Å². The third-order valence-electron chi connectivity index (χ3n) is 2.59. The molecule has 0 radical (unpaired) electrons. The van der Waals surface area contributed by atoms with E-state index in [4.69, 9.17) is 0 Å². The molecule has 0 saturated carbocycles. The largest absolute Gasteiger partial charge is 0.245 e. The van der Waals surface area contributed by atoms with E-state index in [1.807, 2.05) is 6.92 Å². The molecule has 0 heterocycles. The number of hydrogen-bond donors (Lipinski definition) is 0. The van der Waals surface area contributed by atoms with E-state index in [0.29, 0.717) is 5.92 Å². The minimum atomic E-state index is -2.50. The van der Waals surface area contributed by atoms with E-state index in [2.05, 4.69) is 13.8 Å². The summed E-state index contributed by atoms with van der Waals surface area (Å²) in [5.41, 5.74) is 0. The quantitative estimate of drug-likeness (QED) is 0.594. The van der Waals surface area contributed by atoms with Crippen LogP contribution in [0.4, 0.5) is 8.78 Å². The van der Waals surface area contributed by atoms with Crippen molar-refractivity contribution in [1.29, 1.82) is 0 Å². The zero-order valence-electron chi connectivity index (χ0n) is 8.53. The van der Waals surface area contributed by atoms with Gasteiger partial charge < -0.3 is 0 Å². The van der Waals surface area contributed by atoms with E-state index in [-0.39, 0.29) is 12.3 Å². The van der Waals surface area contributed by atoms with Gasteiger partial charge in [0.1, 0.15) is 0 Å². The molecule has 0 aromatic rings. The smallest absolute Gasteiger partial charge is 0.207 e. The van der Waals surface area contributed by atoms with Gasteiger partial charge in [0.15, 0.2) is 0 Å². The molecule has 0 fully saturated rings. The first-order valence-electron chi connectivity index (χ1n) is 4.78. The van der Waals surface area contributed by atoms with Gasteiger partial charge in [-0.05, 0) is 18.8 Å². The van der Waals surface area contributed by atoms with E-state index in [9.17, 15) is 8.78 Å². The van der Waals surface area contributed by atoms with Gasteiger partial charge in [-0.25, -0.2) is 8.78 Å². The molecule has 0 nitrogen and oxygen atoms in total. The first-order chi connectivity index (χ1) is 5.40. The Labute approximate surface area is 74.4 Å². The summed E-state index contributed by atoms with van der Waals surface area (Å²) in [6.45, 7) is 7.11. The molecule has 2 atom stereocenters. The predicted molar refractivity (Wildman–Crippen MR) is 48.5 cm³/mol. The van der Waals surface area contributed by atoms with Crippen LogP contribution in [0.1, 0.15) is 47.0 Å². The van der Waals surface area contributed by atoms with Crippen LogP contribution in [0.3, 0.4) is 0 Å². The van der Waals surface area contributed by atoms with E-state index in [1.165, 1.54) is 0 Å². The van der Waals surface area contributed by atoms with Crippen molar-refractivity contribution in [3.8, 4) is 0 Å². The van der Waals surface area contributed by atoms with Gasteiger partial charge in [0.05, 0.1) is 0 Å². The normalized spacial score (nSPS) is 17.5. The summed E-state index contributed by atoms with van der Waals surface area (Å²) in [7, 11) is 0. The molecule has 0 aliphatic heterocycles. The molecule has 0 N–H and O–H groups in total. The molecule has 0 spiro atoms. The van der Waals surface area contributed by atoms with Crippen molar-refractivity contribution in [1.82, 2.24) is 0 Å². The maximum Gasteiger partial charge on any atom is 0.245 e. The molecule has 0 aliphatic carbocycles. The average molecular weight is 178 g/mol. The molecule has 0 bridgehead atoms. The SMILES string of the molecule is CCC(C)C(CC)CC(C)(F)F. The predicted octanol–water partition coefficient (Wildman–Crippen LogP) is 4.10. The van der Waals surface area contributed by atoms with Crippen molar-refractivity contribution in [2.24, 2.45) is 11.8 Å². The highest BCUT2D eigenvalue weighted by Crippen LogP contribution is 2.30. The van der Waals surface area contributed by atoms with Gasteiger partial charge in [0.25, 0.3) is 0 Å². The molecule has 2 unspecified atom stereocenters. The molecule has 2 heteroatoms. The van der Waals surface area contributed by atoms with E-state index >= 15 is 0 Å². The van der Waals surface area contributed by atoms with Crippen LogP contribution in [0, 0.1) is 11.8 Å². The van der Waals surface area contributed by atoms with Crippen molar-refractivity contribution >= 4 is 0 Å². The summed E-state index contributed by atoms with van der Waals surface area (Å²) in [6, 6.07) is 0. The van der Waals surface area contributed by atoms with Crippen molar-refractivity contribution < 1.29 is 8.78 Å². The van der Waals surface area contributed by atoms with Crippen molar-refractivity contribution in [2.75, 3.05) is 0 Å². The highest BCUT2D eigenvalue weighted by Gasteiger charge is 2.28. The molecule has 0 amide bonds. The second-order valence-corrected chi connectivity index (χ2v) is 3.83. The Bertz CT molecular complexity index is 115. The van der Waals surface area contributed by atoms with Crippen LogP contribution < -0.4 is 0 Å². The lowest BCUT2D eigenvalue weighted by Crippen LogP contribution is -2.20. The van der Waals surface area contributed by atoms with Gasteiger partial charge >= 0.3 is 0 Å². The minimum absolute atomic E-state index is 0.0402. The Balaban J connectivity index is 3.99. The average Bonchev–Trinajstić information content (AvgIpc) is 1.97. The van der Waals surface area contributed by atoms with E-state index in [0.717, 1.165) is 19.8 Å². The van der Waals surface area contributed by atoms with Gasteiger partial charge in [-0.15, -0.1) is 0 Å². The highest BCUT2D eigenvalue weighted by molar-refractivity contribution is 4.70. The number of hydrogen-bond acceptors (Lipinski definition) is 0. The maximum atomic E-state index is 12.7. The standard InChI is InChI=1S/C10H20F2/c1-5-8(3)9(6-2)7-10(4,11)12/h8-9H,5-7H2,1-4H3. The van der Waals surface area contributed by atoms with Gasteiger partial charge in [-0.1, -0.05) is 33.6 Å². The molecule has 74 valence electrons. The molecular formula is C10H20F2. The Morgan fingerprint density at radius 1 is 1.17 bits per heavy atom. The van der Waals surface area contributed by atoms with Crippen LogP contribution in [0.2, 0.25) is 0 Å². The molecule has 0 aromatic heterocycles. The number of alkyl halides is 2. The van der Waals surface area contributed by atoms with Gasteiger partial charge in [0.2, 0.25) is 5.92 Å². The summed E-state index contributed by atoms with van der Waals surface area (Å²) in [4.78, 5) is 0. The van der Waals surface area contributed by atoms with Crippen molar-refractivity contribution in [2.45, 2.75) is 52.9 Å². The summed E-state index contributed by atoms with van der Waals surface area (Å²) in [5.74, 6) is -1.90. The maximum absolute atomic E-state index is 12.7. The lowest BCUT2D eigenvalue weighted by Gasteiger charge is -2.24. The third kappa shape index (κ3) is 4.68. The van der Waals surface area contributed by atoms with Gasteiger partial charge in [0, 0.05) is 6.42 Å². The first-order valence-corrected chi connectivity index (χ1v) is 4.78. The van der Waals surface area contributed by atoms with Crippen molar-refractivity contribution in [3.05, 3.63) is 0 Å². The Kier molecular flexibility index (Phi) is 4.73. The zero-order chi connectivity index (χ0) is 9.78. The van der Waals surface area contributed by atoms with Crippen LogP contribution in [0.5, 0.6) is 0 Å². The molecule has 0 saturated heterocycles. The summed E-state index contributed by atoms with van der Waals surface area (Å²) >= 11 is 0. The third-order valence-corrected chi connectivity index (χ3v) is 2.59. The summed E-state index contributed by atoms with van der Waals surface area (Å²) < 4.78 is 25.3. The van der Waals surface area contributed by atoms with Crippen molar-refractivity contribution in [3.63, 3.8) is 0 Å².